The van der Waals surface area contributed by atoms with Crippen molar-refractivity contribution >= 4 is 18.3 Å². The topological polar surface area (TPSA) is 75.4 Å². The molecule has 1 amide bonds. The van der Waals surface area contributed by atoms with Crippen molar-refractivity contribution < 1.29 is 9.90 Å². The number of carbonyl (C=O) groups is 1. The van der Waals surface area contributed by atoms with Crippen LogP contribution >= 0.6 is 12.4 Å². The molecule has 4 atom stereocenters. The fraction of sp³-hybridized carbons (Fsp3) is 0.923. The first kappa shape index (κ1) is 15.7. The molecular weight excluding hydrogens is 252 g/mol. The van der Waals surface area contributed by atoms with Crippen molar-refractivity contribution in [2.75, 3.05) is 6.54 Å². The molecule has 2 aliphatic rings. The minimum atomic E-state index is -0.235. The lowest BCUT2D eigenvalue weighted by Gasteiger charge is -2.28. The molecule has 0 heterocycles. The van der Waals surface area contributed by atoms with Crippen LogP contribution in [0.15, 0.2) is 0 Å². The van der Waals surface area contributed by atoms with Crippen LogP contribution in [0.5, 0.6) is 0 Å². The molecule has 2 aliphatic carbocycles. The van der Waals surface area contributed by atoms with Crippen LogP contribution in [0.3, 0.4) is 0 Å². The van der Waals surface area contributed by atoms with E-state index < -0.39 is 0 Å². The number of hydrogen-bond donors (Lipinski definition) is 3. The standard InChI is InChI=1S/C13H24N2O2.ClH/c14-11-6-3-5-10(11)13(17)15-8-9-4-1-2-7-12(9)16;/h9-12,16H,1-8,14H2,(H,15,17);1H. The summed E-state index contributed by atoms with van der Waals surface area (Å²) in [5, 5.41) is 12.8. The number of nitrogens with one attached hydrogen (secondary N) is 1. The highest BCUT2D eigenvalue weighted by Crippen LogP contribution is 2.26. The SMILES string of the molecule is Cl.NC1CCCC1C(=O)NCC1CCCCC1O. The Labute approximate surface area is 115 Å². The van der Waals surface area contributed by atoms with E-state index in [4.69, 9.17) is 5.73 Å². The van der Waals surface area contributed by atoms with Crippen molar-refractivity contribution in [2.45, 2.75) is 57.1 Å². The normalized spacial score (nSPS) is 35.9. The average molecular weight is 277 g/mol. The predicted molar refractivity (Wildman–Crippen MR) is 73.5 cm³/mol. The lowest BCUT2D eigenvalue weighted by atomic mass is 9.86. The van der Waals surface area contributed by atoms with Gasteiger partial charge < -0.3 is 16.2 Å². The molecule has 0 aromatic carbocycles. The second kappa shape index (κ2) is 7.31. The van der Waals surface area contributed by atoms with Gasteiger partial charge in [0.1, 0.15) is 0 Å². The molecule has 18 heavy (non-hydrogen) atoms. The smallest absolute Gasteiger partial charge is 0.224 e. The van der Waals surface area contributed by atoms with E-state index in [0.29, 0.717) is 6.54 Å². The van der Waals surface area contributed by atoms with Crippen molar-refractivity contribution in [3.05, 3.63) is 0 Å². The van der Waals surface area contributed by atoms with Gasteiger partial charge in [-0.15, -0.1) is 12.4 Å². The van der Waals surface area contributed by atoms with E-state index in [1.807, 2.05) is 0 Å². The Morgan fingerprint density at radius 2 is 1.89 bits per heavy atom. The molecule has 0 saturated heterocycles. The number of aliphatic hydroxyl groups excluding tert-OH is 1. The van der Waals surface area contributed by atoms with Gasteiger partial charge in [-0.1, -0.05) is 19.3 Å². The maximum Gasteiger partial charge on any atom is 0.224 e. The molecule has 4 nitrogen and oxygen atoms in total. The summed E-state index contributed by atoms with van der Waals surface area (Å²) in [6, 6.07) is 0.0336. The van der Waals surface area contributed by atoms with Crippen molar-refractivity contribution in [3.8, 4) is 0 Å². The van der Waals surface area contributed by atoms with E-state index in [1.165, 1.54) is 6.42 Å². The summed E-state index contributed by atoms with van der Waals surface area (Å²) in [6.45, 7) is 0.614. The Morgan fingerprint density at radius 3 is 2.50 bits per heavy atom. The van der Waals surface area contributed by atoms with Crippen LogP contribution in [0.4, 0.5) is 0 Å². The Bertz CT molecular complexity index is 276. The second-order valence-electron chi connectivity index (χ2n) is 5.56. The number of aliphatic hydroxyl groups is 1. The summed E-state index contributed by atoms with van der Waals surface area (Å²) in [6.07, 6.45) is 6.89. The van der Waals surface area contributed by atoms with Gasteiger partial charge in [0.25, 0.3) is 0 Å². The number of hydrogen-bond acceptors (Lipinski definition) is 3. The van der Waals surface area contributed by atoms with Crippen LogP contribution in [0.2, 0.25) is 0 Å². The Balaban J connectivity index is 0.00000162. The minimum absolute atomic E-state index is 0. The first-order chi connectivity index (χ1) is 8.18. The number of carbonyl (C=O) groups excluding carboxylic acids is 1. The molecule has 5 heteroatoms. The van der Waals surface area contributed by atoms with Crippen LogP contribution < -0.4 is 11.1 Å². The van der Waals surface area contributed by atoms with E-state index in [-0.39, 0.29) is 42.3 Å². The van der Waals surface area contributed by atoms with Gasteiger partial charge >= 0.3 is 0 Å². The molecular formula is C13H25ClN2O2. The number of amides is 1. The molecule has 2 saturated carbocycles. The fourth-order valence-electron chi connectivity index (χ4n) is 3.10. The van der Waals surface area contributed by atoms with Crippen LogP contribution in [-0.2, 0) is 4.79 Å². The van der Waals surface area contributed by atoms with Gasteiger partial charge in [0.15, 0.2) is 0 Å². The highest BCUT2D eigenvalue weighted by Gasteiger charge is 2.31. The molecule has 0 aromatic rings. The fourth-order valence-corrected chi connectivity index (χ4v) is 3.10. The van der Waals surface area contributed by atoms with Gasteiger partial charge in [-0.3, -0.25) is 4.79 Å². The molecule has 2 fully saturated rings. The predicted octanol–water partition coefficient (Wildman–Crippen LogP) is 1.20. The van der Waals surface area contributed by atoms with E-state index in [9.17, 15) is 9.90 Å². The second-order valence-corrected chi connectivity index (χ2v) is 5.56. The molecule has 0 spiro atoms. The molecule has 0 bridgehead atoms. The molecule has 0 radical (unpaired) electrons. The lowest BCUT2D eigenvalue weighted by molar-refractivity contribution is -0.125. The number of halogens is 1. The van der Waals surface area contributed by atoms with Crippen molar-refractivity contribution in [1.29, 1.82) is 0 Å². The van der Waals surface area contributed by atoms with Crippen LogP contribution in [0, 0.1) is 11.8 Å². The van der Waals surface area contributed by atoms with Crippen molar-refractivity contribution in [2.24, 2.45) is 17.6 Å². The monoisotopic (exact) mass is 276 g/mol. The summed E-state index contributed by atoms with van der Waals surface area (Å²) in [5.74, 6) is 0.328. The van der Waals surface area contributed by atoms with E-state index in [2.05, 4.69) is 5.32 Å². The van der Waals surface area contributed by atoms with E-state index in [1.54, 1.807) is 0 Å². The first-order valence-corrected chi connectivity index (χ1v) is 6.90. The van der Waals surface area contributed by atoms with Gasteiger partial charge in [-0.05, 0) is 25.7 Å². The largest absolute Gasteiger partial charge is 0.393 e. The van der Waals surface area contributed by atoms with Crippen LogP contribution in [0.25, 0.3) is 0 Å². The summed E-state index contributed by atoms with van der Waals surface area (Å²) >= 11 is 0. The third kappa shape index (κ3) is 3.84. The minimum Gasteiger partial charge on any atom is -0.393 e. The van der Waals surface area contributed by atoms with Gasteiger partial charge in [0.2, 0.25) is 5.91 Å². The quantitative estimate of drug-likeness (QED) is 0.725. The Hall–Kier alpha value is -0.320. The molecule has 2 rings (SSSR count). The zero-order chi connectivity index (χ0) is 12.3. The molecule has 4 N–H and O–H groups in total. The summed E-state index contributed by atoms with van der Waals surface area (Å²) in [4.78, 5) is 11.9. The van der Waals surface area contributed by atoms with E-state index >= 15 is 0 Å². The van der Waals surface area contributed by atoms with Crippen molar-refractivity contribution in [3.63, 3.8) is 0 Å². The van der Waals surface area contributed by atoms with Crippen LogP contribution in [0.1, 0.15) is 44.9 Å². The summed E-state index contributed by atoms with van der Waals surface area (Å²) in [7, 11) is 0. The highest BCUT2D eigenvalue weighted by atomic mass is 35.5. The molecule has 106 valence electrons. The average Bonchev–Trinajstić information content (AvgIpc) is 2.74. The molecule has 0 aromatic heterocycles. The Morgan fingerprint density at radius 1 is 1.17 bits per heavy atom. The zero-order valence-electron chi connectivity index (χ0n) is 10.8. The van der Waals surface area contributed by atoms with Gasteiger partial charge in [-0.25, -0.2) is 0 Å². The zero-order valence-corrected chi connectivity index (χ0v) is 11.6. The molecule has 0 aliphatic heterocycles. The van der Waals surface area contributed by atoms with Crippen molar-refractivity contribution in [1.82, 2.24) is 5.32 Å². The maximum absolute atomic E-state index is 11.9. The third-order valence-electron chi connectivity index (χ3n) is 4.31. The van der Waals surface area contributed by atoms with E-state index in [0.717, 1.165) is 38.5 Å². The number of nitrogens with two attached hydrogens (primary N) is 1. The maximum atomic E-state index is 11.9. The van der Waals surface area contributed by atoms with Gasteiger partial charge in [0, 0.05) is 18.5 Å². The first-order valence-electron chi connectivity index (χ1n) is 6.90. The van der Waals surface area contributed by atoms with Crippen LogP contribution in [-0.4, -0.2) is 29.7 Å². The van der Waals surface area contributed by atoms with Gasteiger partial charge in [0.05, 0.1) is 12.0 Å². The third-order valence-corrected chi connectivity index (χ3v) is 4.31. The summed E-state index contributed by atoms with van der Waals surface area (Å²) in [5.41, 5.74) is 5.91. The molecule has 4 unspecified atom stereocenters. The Kier molecular flexibility index (Phi) is 6.39. The lowest BCUT2D eigenvalue weighted by Crippen LogP contribution is -2.42. The van der Waals surface area contributed by atoms with Gasteiger partial charge in [-0.2, -0.15) is 0 Å². The summed E-state index contributed by atoms with van der Waals surface area (Å²) < 4.78 is 0. The number of rotatable bonds is 3. The highest BCUT2D eigenvalue weighted by molar-refractivity contribution is 5.85.